The van der Waals surface area contributed by atoms with Gasteiger partial charge in [0.1, 0.15) is 5.82 Å². The monoisotopic (exact) mass is 261 g/mol. The van der Waals surface area contributed by atoms with Gasteiger partial charge in [0.05, 0.1) is 16.4 Å². The van der Waals surface area contributed by atoms with Crippen LogP contribution >= 0.6 is 0 Å². The first-order chi connectivity index (χ1) is 8.95. The molecule has 0 atom stereocenters. The molecule has 0 fully saturated rings. The molecule has 0 spiro atoms. The molecule has 0 unspecified atom stereocenters. The molecule has 1 aromatic carbocycles. The first-order valence-electron chi connectivity index (χ1n) is 6.33. The van der Waals surface area contributed by atoms with Crippen molar-refractivity contribution in [2.24, 2.45) is 11.1 Å². The van der Waals surface area contributed by atoms with Gasteiger partial charge in [-0.2, -0.15) is 0 Å². The molecule has 1 heterocycles. The standard InChI is InChI=1S/C14H19N3O2/c1-14(2,13(18)19)9-17-11-6-4-3-5-10(11)16-12(17)7-8-15/h3-6H,7-9,15H2,1-2H3,(H,18,19). The second kappa shape index (κ2) is 5.01. The van der Waals surface area contributed by atoms with Crippen molar-refractivity contribution in [3.05, 3.63) is 30.1 Å². The van der Waals surface area contributed by atoms with Crippen LogP contribution in [0.4, 0.5) is 0 Å². The number of hydrogen-bond acceptors (Lipinski definition) is 3. The first kappa shape index (κ1) is 13.5. The van der Waals surface area contributed by atoms with E-state index in [1.54, 1.807) is 13.8 Å². The van der Waals surface area contributed by atoms with E-state index in [4.69, 9.17) is 5.73 Å². The molecule has 0 aliphatic heterocycles. The van der Waals surface area contributed by atoms with E-state index >= 15 is 0 Å². The summed E-state index contributed by atoms with van der Waals surface area (Å²) in [6.45, 7) is 4.32. The van der Waals surface area contributed by atoms with Crippen LogP contribution in [-0.4, -0.2) is 27.2 Å². The molecule has 0 saturated carbocycles. The zero-order valence-corrected chi connectivity index (χ0v) is 11.3. The number of rotatable bonds is 5. The Kier molecular flexibility index (Phi) is 3.57. The molecular weight excluding hydrogens is 242 g/mol. The summed E-state index contributed by atoms with van der Waals surface area (Å²) in [6.07, 6.45) is 0.643. The predicted molar refractivity (Wildman–Crippen MR) is 73.9 cm³/mol. The van der Waals surface area contributed by atoms with Crippen LogP contribution in [-0.2, 0) is 17.8 Å². The third-order valence-electron chi connectivity index (χ3n) is 3.23. The molecule has 2 aromatic rings. The van der Waals surface area contributed by atoms with Crippen LogP contribution in [0.5, 0.6) is 0 Å². The highest BCUT2D eigenvalue weighted by atomic mass is 16.4. The minimum absolute atomic E-state index is 0.387. The van der Waals surface area contributed by atoms with Gasteiger partial charge in [-0.05, 0) is 32.5 Å². The third-order valence-corrected chi connectivity index (χ3v) is 3.23. The van der Waals surface area contributed by atoms with Crippen LogP contribution in [0.25, 0.3) is 11.0 Å². The molecule has 0 amide bonds. The van der Waals surface area contributed by atoms with Crippen LogP contribution in [0.15, 0.2) is 24.3 Å². The van der Waals surface area contributed by atoms with Crippen molar-refractivity contribution < 1.29 is 9.90 Å². The molecule has 0 bridgehead atoms. The molecule has 0 radical (unpaired) electrons. The molecule has 3 N–H and O–H groups in total. The third kappa shape index (κ3) is 2.61. The predicted octanol–water partition coefficient (Wildman–Crippen LogP) is 1.65. The number of carboxylic acid groups (broad SMARTS) is 1. The Balaban J connectivity index is 2.50. The Morgan fingerprint density at radius 3 is 2.74 bits per heavy atom. The lowest BCUT2D eigenvalue weighted by Crippen LogP contribution is -2.30. The quantitative estimate of drug-likeness (QED) is 0.857. The van der Waals surface area contributed by atoms with Gasteiger partial charge in [0.2, 0.25) is 0 Å². The number of carbonyl (C=O) groups is 1. The lowest BCUT2D eigenvalue weighted by atomic mass is 9.93. The van der Waals surface area contributed by atoms with Crippen molar-refractivity contribution >= 4 is 17.0 Å². The van der Waals surface area contributed by atoms with Gasteiger partial charge in [-0.15, -0.1) is 0 Å². The van der Waals surface area contributed by atoms with E-state index in [1.165, 1.54) is 0 Å². The number of aromatic nitrogens is 2. The molecule has 1 aromatic heterocycles. The number of carboxylic acids is 1. The Labute approximate surface area is 112 Å². The van der Waals surface area contributed by atoms with Gasteiger partial charge in [-0.3, -0.25) is 4.79 Å². The van der Waals surface area contributed by atoms with Gasteiger partial charge < -0.3 is 15.4 Å². The highest BCUT2D eigenvalue weighted by Gasteiger charge is 2.29. The maximum atomic E-state index is 11.3. The second-order valence-electron chi connectivity index (χ2n) is 5.33. The van der Waals surface area contributed by atoms with Crippen LogP contribution in [0.1, 0.15) is 19.7 Å². The molecule has 5 nitrogen and oxygen atoms in total. The fraction of sp³-hybridized carbons (Fsp3) is 0.429. The van der Waals surface area contributed by atoms with Crippen molar-refractivity contribution in [3.63, 3.8) is 0 Å². The minimum Gasteiger partial charge on any atom is -0.481 e. The summed E-state index contributed by atoms with van der Waals surface area (Å²) in [5.41, 5.74) is 6.60. The molecular formula is C14H19N3O2. The lowest BCUT2D eigenvalue weighted by molar-refractivity contribution is -0.147. The van der Waals surface area contributed by atoms with Crippen LogP contribution < -0.4 is 5.73 Å². The number of para-hydroxylation sites is 2. The fourth-order valence-corrected chi connectivity index (χ4v) is 2.08. The number of fused-ring (bicyclic) bond motifs is 1. The van der Waals surface area contributed by atoms with E-state index < -0.39 is 11.4 Å². The zero-order chi connectivity index (χ0) is 14.0. The van der Waals surface area contributed by atoms with E-state index in [0.717, 1.165) is 16.9 Å². The number of hydrogen-bond donors (Lipinski definition) is 2. The normalized spacial score (nSPS) is 11.9. The van der Waals surface area contributed by atoms with Crippen LogP contribution in [0, 0.1) is 5.41 Å². The Morgan fingerprint density at radius 2 is 2.11 bits per heavy atom. The van der Waals surface area contributed by atoms with Crippen LogP contribution in [0.3, 0.4) is 0 Å². The van der Waals surface area contributed by atoms with E-state index in [0.29, 0.717) is 19.5 Å². The van der Waals surface area contributed by atoms with Gasteiger partial charge in [-0.1, -0.05) is 12.1 Å². The van der Waals surface area contributed by atoms with Crippen molar-refractivity contribution in [2.45, 2.75) is 26.8 Å². The number of aliphatic carboxylic acids is 1. The SMILES string of the molecule is CC(C)(Cn1c(CCN)nc2ccccc21)C(=O)O. The highest BCUT2D eigenvalue weighted by molar-refractivity contribution is 5.77. The van der Waals surface area contributed by atoms with Gasteiger partial charge in [0, 0.05) is 13.0 Å². The van der Waals surface area contributed by atoms with Crippen LogP contribution in [0.2, 0.25) is 0 Å². The summed E-state index contributed by atoms with van der Waals surface area (Å²) in [5.74, 6) is 0.0296. The summed E-state index contributed by atoms with van der Waals surface area (Å²) >= 11 is 0. The summed E-state index contributed by atoms with van der Waals surface area (Å²) < 4.78 is 1.97. The van der Waals surface area contributed by atoms with Gasteiger partial charge in [-0.25, -0.2) is 4.98 Å². The number of nitrogens with zero attached hydrogens (tertiary/aromatic N) is 2. The summed E-state index contributed by atoms with van der Waals surface area (Å²) in [5, 5.41) is 9.27. The van der Waals surface area contributed by atoms with E-state index in [2.05, 4.69) is 4.98 Å². The lowest BCUT2D eigenvalue weighted by Gasteiger charge is -2.21. The second-order valence-corrected chi connectivity index (χ2v) is 5.33. The summed E-state index contributed by atoms with van der Waals surface area (Å²) in [6, 6.07) is 7.74. The fourth-order valence-electron chi connectivity index (χ4n) is 2.08. The Morgan fingerprint density at radius 1 is 1.42 bits per heavy atom. The first-order valence-corrected chi connectivity index (χ1v) is 6.33. The van der Waals surface area contributed by atoms with E-state index in [-0.39, 0.29) is 0 Å². The summed E-state index contributed by atoms with van der Waals surface area (Å²) in [7, 11) is 0. The summed E-state index contributed by atoms with van der Waals surface area (Å²) in [4.78, 5) is 15.8. The van der Waals surface area contributed by atoms with Gasteiger partial charge in [0.15, 0.2) is 0 Å². The van der Waals surface area contributed by atoms with E-state index in [9.17, 15) is 9.90 Å². The highest BCUT2D eigenvalue weighted by Crippen LogP contribution is 2.24. The van der Waals surface area contributed by atoms with Crippen molar-refractivity contribution in [1.82, 2.24) is 9.55 Å². The molecule has 102 valence electrons. The van der Waals surface area contributed by atoms with Gasteiger partial charge >= 0.3 is 5.97 Å². The molecule has 0 aliphatic carbocycles. The molecule has 5 heteroatoms. The topological polar surface area (TPSA) is 81.1 Å². The van der Waals surface area contributed by atoms with Crippen molar-refractivity contribution in [3.8, 4) is 0 Å². The molecule has 19 heavy (non-hydrogen) atoms. The molecule has 0 saturated heterocycles. The molecule has 0 aliphatic rings. The smallest absolute Gasteiger partial charge is 0.310 e. The maximum Gasteiger partial charge on any atom is 0.310 e. The van der Waals surface area contributed by atoms with Gasteiger partial charge in [0.25, 0.3) is 0 Å². The minimum atomic E-state index is -0.840. The average molecular weight is 261 g/mol. The average Bonchev–Trinajstić information content (AvgIpc) is 2.68. The number of benzene rings is 1. The largest absolute Gasteiger partial charge is 0.481 e. The zero-order valence-electron chi connectivity index (χ0n) is 11.3. The molecule has 2 rings (SSSR count). The van der Waals surface area contributed by atoms with Crippen molar-refractivity contribution in [2.75, 3.05) is 6.54 Å². The number of imidazole rings is 1. The maximum absolute atomic E-state index is 11.3. The number of nitrogens with two attached hydrogens (primary N) is 1. The van der Waals surface area contributed by atoms with E-state index in [1.807, 2.05) is 28.8 Å². The van der Waals surface area contributed by atoms with Crippen molar-refractivity contribution in [1.29, 1.82) is 0 Å². The Hall–Kier alpha value is -1.88. The Bertz CT molecular complexity index is 602.